The zero-order valence-electron chi connectivity index (χ0n) is 16.7. The van der Waals surface area contributed by atoms with Crippen LogP contribution in [0.5, 0.6) is 0 Å². The monoisotopic (exact) mass is 424 g/mol. The number of amides is 2. The second kappa shape index (κ2) is 6.83. The third-order valence-electron chi connectivity index (χ3n) is 7.17. The van der Waals surface area contributed by atoms with Gasteiger partial charge in [-0.25, -0.2) is 4.79 Å². The van der Waals surface area contributed by atoms with Crippen LogP contribution < -0.4 is 0 Å². The van der Waals surface area contributed by atoms with Crippen LogP contribution in [0.3, 0.4) is 0 Å². The number of carbonyl (C=O) groups excluding carboxylic acids is 4. The fraction of sp³-hybridized carbons (Fsp3) is 0.455. The van der Waals surface area contributed by atoms with Gasteiger partial charge in [-0.05, 0) is 49.1 Å². The summed E-state index contributed by atoms with van der Waals surface area (Å²) in [5.41, 5.74) is 0.00283. The molecule has 3 fully saturated rings. The quantitative estimate of drug-likeness (QED) is 0.170. The fourth-order valence-electron chi connectivity index (χ4n) is 5.58. The average Bonchev–Trinajstić information content (AvgIpc) is 3.55. The highest BCUT2D eigenvalue weighted by Crippen LogP contribution is 2.65. The third kappa shape index (κ3) is 2.90. The summed E-state index contributed by atoms with van der Waals surface area (Å²) in [6.45, 7) is 0.850. The molecule has 1 aromatic carbocycles. The first-order chi connectivity index (χ1) is 14.8. The number of carbonyl (C=O) groups is 4. The lowest BCUT2D eigenvalue weighted by atomic mass is 9.63. The van der Waals surface area contributed by atoms with Gasteiger partial charge in [0.25, 0.3) is 5.69 Å². The fourth-order valence-corrected chi connectivity index (χ4v) is 5.58. The van der Waals surface area contributed by atoms with Crippen molar-refractivity contribution in [2.45, 2.75) is 19.4 Å². The van der Waals surface area contributed by atoms with Gasteiger partial charge in [0.1, 0.15) is 6.04 Å². The molecule has 1 aromatic rings. The number of nitro benzene ring substituents is 1. The van der Waals surface area contributed by atoms with Gasteiger partial charge in [0.2, 0.25) is 11.8 Å². The molecule has 31 heavy (non-hydrogen) atoms. The highest BCUT2D eigenvalue weighted by molar-refractivity contribution is 6.09. The number of nitrogens with zero attached hydrogens (tertiary/aromatic N) is 2. The van der Waals surface area contributed by atoms with Crippen molar-refractivity contribution in [1.82, 2.24) is 4.90 Å². The van der Waals surface area contributed by atoms with Crippen LogP contribution in [0.15, 0.2) is 36.4 Å². The molecular weight excluding hydrogens is 404 g/mol. The highest BCUT2D eigenvalue weighted by Gasteiger charge is 2.67. The molecule has 7 atom stereocenters. The van der Waals surface area contributed by atoms with Crippen LogP contribution >= 0.6 is 0 Å². The second-order valence-corrected chi connectivity index (χ2v) is 8.71. The first kappa shape index (κ1) is 19.6. The van der Waals surface area contributed by atoms with Crippen LogP contribution in [0.25, 0.3) is 0 Å². The molecule has 1 aliphatic heterocycles. The zero-order valence-corrected chi connectivity index (χ0v) is 16.7. The molecule has 0 N–H and O–H groups in total. The summed E-state index contributed by atoms with van der Waals surface area (Å²) in [4.78, 5) is 62.0. The largest absolute Gasteiger partial charge is 0.456 e. The van der Waals surface area contributed by atoms with Gasteiger partial charge in [-0.2, -0.15) is 0 Å². The molecule has 0 aromatic heterocycles. The number of rotatable bonds is 6. The molecule has 160 valence electrons. The van der Waals surface area contributed by atoms with Crippen LogP contribution in [-0.2, 0) is 19.1 Å². The number of hydrogen-bond donors (Lipinski definition) is 0. The number of nitro groups is 1. The second-order valence-electron chi connectivity index (χ2n) is 8.71. The topological polar surface area (TPSA) is 124 Å². The van der Waals surface area contributed by atoms with Crippen LogP contribution in [0, 0.1) is 45.6 Å². The summed E-state index contributed by atoms with van der Waals surface area (Å²) in [6.07, 6.45) is 5.17. The van der Waals surface area contributed by atoms with E-state index in [9.17, 15) is 29.3 Å². The Hall–Kier alpha value is -3.36. The Labute approximate surface area is 177 Å². The van der Waals surface area contributed by atoms with Crippen molar-refractivity contribution >= 4 is 29.3 Å². The molecule has 6 rings (SSSR count). The molecule has 0 unspecified atom stereocenters. The van der Waals surface area contributed by atoms with Crippen LogP contribution in [0.2, 0.25) is 0 Å². The first-order valence-electron chi connectivity index (χ1n) is 10.3. The molecule has 4 aliphatic carbocycles. The van der Waals surface area contributed by atoms with Gasteiger partial charge in [0.15, 0.2) is 12.4 Å². The molecule has 0 spiro atoms. The van der Waals surface area contributed by atoms with Crippen LogP contribution in [-0.4, -0.2) is 46.0 Å². The van der Waals surface area contributed by atoms with Gasteiger partial charge < -0.3 is 4.74 Å². The van der Waals surface area contributed by atoms with E-state index >= 15 is 0 Å². The summed E-state index contributed by atoms with van der Waals surface area (Å²) in [5, 5.41) is 10.7. The van der Waals surface area contributed by atoms with E-state index in [1.807, 2.05) is 0 Å². The molecule has 9 heteroatoms. The van der Waals surface area contributed by atoms with E-state index in [4.69, 9.17) is 4.74 Å². The Kier molecular flexibility index (Phi) is 4.32. The molecule has 0 radical (unpaired) electrons. The number of esters is 1. The number of ketones is 1. The van der Waals surface area contributed by atoms with Crippen molar-refractivity contribution in [3.8, 4) is 0 Å². The molecular formula is C22H20N2O7. The van der Waals surface area contributed by atoms with Gasteiger partial charge >= 0.3 is 5.97 Å². The number of likely N-dealkylation sites (tertiary alicyclic amines) is 1. The SMILES string of the molecule is C[C@@H](C(=O)OCC(=O)c1ccc([N+](=O)[O-])cc1)N1C(=O)[C@H]2[C@@H]3C=C[C@H]([C@H]4C[C@H]34)[C@@H]2C1=O. The van der Waals surface area contributed by atoms with Crippen LogP contribution in [0.4, 0.5) is 5.69 Å². The highest BCUT2D eigenvalue weighted by atomic mass is 16.6. The zero-order chi connectivity index (χ0) is 22.0. The maximum atomic E-state index is 13.0. The molecule has 9 nitrogen and oxygen atoms in total. The molecule has 1 heterocycles. The maximum absolute atomic E-state index is 13.0. The minimum Gasteiger partial charge on any atom is -0.456 e. The Bertz CT molecular complexity index is 1010. The van der Waals surface area contributed by atoms with E-state index in [1.54, 1.807) is 0 Å². The van der Waals surface area contributed by atoms with Gasteiger partial charge in [-0.3, -0.25) is 29.4 Å². The minimum atomic E-state index is -1.12. The van der Waals surface area contributed by atoms with Gasteiger partial charge in [0, 0.05) is 17.7 Å². The minimum absolute atomic E-state index is 0.0633. The van der Waals surface area contributed by atoms with E-state index in [1.165, 1.54) is 31.2 Å². The Morgan fingerprint density at radius 3 is 2.16 bits per heavy atom. The van der Waals surface area contributed by atoms with Gasteiger partial charge in [0.05, 0.1) is 16.8 Å². The maximum Gasteiger partial charge on any atom is 0.329 e. The van der Waals surface area contributed by atoms with Crippen molar-refractivity contribution in [2.75, 3.05) is 6.61 Å². The predicted octanol–water partition coefficient (Wildman–Crippen LogP) is 1.76. The summed E-state index contributed by atoms with van der Waals surface area (Å²) in [6, 6.07) is 3.82. The van der Waals surface area contributed by atoms with E-state index < -0.39 is 41.2 Å². The third-order valence-corrected chi connectivity index (χ3v) is 7.17. The van der Waals surface area contributed by atoms with Crippen molar-refractivity contribution < 1.29 is 28.8 Å². The summed E-state index contributed by atoms with van der Waals surface area (Å²) < 4.78 is 5.08. The number of benzene rings is 1. The number of hydrogen-bond acceptors (Lipinski definition) is 7. The van der Waals surface area contributed by atoms with E-state index in [0.29, 0.717) is 11.8 Å². The molecule has 2 saturated carbocycles. The molecule has 2 amide bonds. The number of Topliss-reactive ketones (excluding diaryl/α,β-unsaturated/α-hetero) is 1. The molecule has 1 saturated heterocycles. The number of allylic oxidation sites excluding steroid dienone is 2. The number of imide groups is 1. The van der Waals surface area contributed by atoms with Crippen LogP contribution in [0.1, 0.15) is 23.7 Å². The smallest absolute Gasteiger partial charge is 0.329 e. The van der Waals surface area contributed by atoms with Crippen molar-refractivity contribution in [3.63, 3.8) is 0 Å². The molecule has 2 bridgehead atoms. The lowest BCUT2D eigenvalue weighted by molar-refractivity contribution is -0.384. The first-order valence-corrected chi connectivity index (χ1v) is 10.3. The lowest BCUT2D eigenvalue weighted by Gasteiger charge is -2.37. The Balaban J connectivity index is 1.23. The Morgan fingerprint density at radius 2 is 1.65 bits per heavy atom. The normalized spacial score (nSPS) is 33.0. The standard InChI is InChI=1S/C22H20N2O7/c1-10(22(28)31-9-17(25)11-2-4-12(5-3-11)24(29)30)23-20(26)18-13-6-7-14(16-8-15(13)16)19(18)21(23)27/h2-7,10,13-16,18-19H,8-9H2,1H3/t10-,13+,14+,15+,16+,18-,19-/m0/s1. The van der Waals surface area contributed by atoms with Crippen molar-refractivity contribution in [3.05, 3.63) is 52.1 Å². The van der Waals surface area contributed by atoms with Crippen molar-refractivity contribution in [1.29, 1.82) is 0 Å². The number of ether oxygens (including phenoxy) is 1. The predicted molar refractivity (Wildman–Crippen MR) is 104 cm³/mol. The van der Waals surface area contributed by atoms with E-state index in [2.05, 4.69) is 12.2 Å². The number of non-ortho nitro benzene ring substituents is 1. The average molecular weight is 424 g/mol. The lowest BCUT2D eigenvalue weighted by Crippen LogP contribution is -2.45. The summed E-state index contributed by atoms with van der Waals surface area (Å²) >= 11 is 0. The van der Waals surface area contributed by atoms with Gasteiger partial charge in [-0.1, -0.05) is 12.2 Å². The van der Waals surface area contributed by atoms with E-state index in [0.717, 1.165) is 11.3 Å². The van der Waals surface area contributed by atoms with E-state index in [-0.39, 0.29) is 34.9 Å². The summed E-state index contributed by atoms with van der Waals surface area (Å²) in [5.74, 6) is -1.76. The summed E-state index contributed by atoms with van der Waals surface area (Å²) in [7, 11) is 0. The Morgan fingerprint density at radius 1 is 1.10 bits per heavy atom. The van der Waals surface area contributed by atoms with Crippen molar-refractivity contribution in [2.24, 2.45) is 35.5 Å². The van der Waals surface area contributed by atoms with Gasteiger partial charge in [-0.15, -0.1) is 0 Å². The molecule has 5 aliphatic rings.